The smallest absolute Gasteiger partial charge is 0.270 e. The van der Waals surface area contributed by atoms with Crippen molar-refractivity contribution in [2.24, 2.45) is 0 Å². The first-order chi connectivity index (χ1) is 13.0. The molecule has 0 bridgehead atoms. The highest BCUT2D eigenvalue weighted by Gasteiger charge is 2.21. The van der Waals surface area contributed by atoms with Gasteiger partial charge in [-0.3, -0.25) is 0 Å². The van der Waals surface area contributed by atoms with Crippen LogP contribution in [0.4, 0.5) is 0 Å². The van der Waals surface area contributed by atoms with Crippen LogP contribution in [0.3, 0.4) is 0 Å². The molecule has 0 aromatic heterocycles. The first-order valence-electron chi connectivity index (χ1n) is 8.76. The van der Waals surface area contributed by atoms with E-state index in [0.717, 1.165) is 12.0 Å². The first-order valence-corrected chi connectivity index (χ1v) is 10.2. The predicted molar refractivity (Wildman–Crippen MR) is 107 cm³/mol. The Morgan fingerprint density at radius 2 is 1.67 bits per heavy atom. The molecule has 0 fully saturated rings. The third-order valence-corrected chi connectivity index (χ3v) is 5.75. The van der Waals surface area contributed by atoms with Crippen LogP contribution in [0.2, 0.25) is 0 Å². The van der Waals surface area contributed by atoms with Crippen LogP contribution in [0.5, 0.6) is 0 Å². The molecular weight excluding hydrogens is 358 g/mol. The van der Waals surface area contributed by atoms with E-state index >= 15 is 0 Å². The topological polar surface area (TPSA) is 57.6 Å². The second-order valence-electron chi connectivity index (χ2n) is 6.10. The average molecular weight is 381 g/mol. The number of rotatable bonds is 7. The van der Waals surface area contributed by atoms with Crippen molar-refractivity contribution in [3.63, 3.8) is 0 Å². The molecule has 1 N–H and O–H groups in total. The van der Waals surface area contributed by atoms with Crippen LogP contribution >= 0.6 is 0 Å². The fourth-order valence-electron chi connectivity index (χ4n) is 2.46. The summed E-state index contributed by atoms with van der Waals surface area (Å²) in [5, 5.41) is 8.93. The van der Waals surface area contributed by atoms with E-state index in [1.807, 2.05) is 19.1 Å². The van der Waals surface area contributed by atoms with E-state index < -0.39 is 10.0 Å². The molecule has 0 aliphatic rings. The fraction of sp³-hybridized carbons (Fsp3) is 0.273. The molecule has 0 amide bonds. The molecule has 5 heteroatoms. The van der Waals surface area contributed by atoms with Crippen LogP contribution in [0, 0.1) is 31.2 Å². The monoisotopic (exact) mass is 381 g/mol. The predicted octanol–water partition coefficient (Wildman–Crippen LogP) is 3.14. The Morgan fingerprint density at radius 1 is 1.00 bits per heavy atom. The number of hydrogen-bond donors (Lipinski definition) is 1. The molecule has 0 unspecified atom stereocenters. The first kappa shape index (κ1) is 20.6. The maximum Gasteiger partial charge on any atom is 0.270 e. The van der Waals surface area contributed by atoms with Gasteiger partial charge >= 0.3 is 0 Å². The lowest BCUT2D eigenvalue weighted by Gasteiger charge is -2.18. The summed E-state index contributed by atoms with van der Waals surface area (Å²) in [6.45, 7) is 2.24. The SMILES string of the molecule is C#Cc1ccccc1C#CN(CCCCCO)S(=O)(=O)c1ccc(C)cc1. The van der Waals surface area contributed by atoms with Crippen molar-refractivity contribution in [1.82, 2.24) is 4.31 Å². The van der Waals surface area contributed by atoms with Crippen molar-refractivity contribution in [2.75, 3.05) is 13.2 Å². The Kier molecular flexibility index (Phi) is 7.49. The van der Waals surface area contributed by atoms with Gasteiger partial charge in [-0.05, 0) is 56.4 Å². The van der Waals surface area contributed by atoms with Crippen LogP contribution in [0.15, 0.2) is 53.4 Å². The van der Waals surface area contributed by atoms with E-state index in [4.69, 9.17) is 11.5 Å². The summed E-state index contributed by atoms with van der Waals surface area (Å²) in [5.74, 6) is 5.45. The minimum Gasteiger partial charge on any atom is -0.396 e. The van der Waals surface area contributed by atoms with Crippen molar-refractivity contribution >= 4 is 10.0 Å². The number of terminal acetylenes is 1. The second-order valence-corrected chi connectivity index (χ2v) is 7.96. The zero-order valence-electron chi connectivity index (χ0n) is 15.4. The minimum atomic E-state index is -3.75. The van der Waals surface area contributed by atoms with Gasteiger partial charge in [0.2, 0.25) is 0 Å². The Balaban J connectivity index is 2.35. The molecule has 0 radical (unpaired) electrons. The average Bonchev–Trinajstić information content (AvgIpc) is 2.67. The third kappa shape index (κ3) is 5.62. The van der Waals surface area contributed by atoms with Crippen LogP contribution < -0.4 is 0 Å². The molecule has 0 saturated heterocycles. The summed E-state index contributed by atoms with van der Waals surface area (Å²) >= 11 is 0. The van der Waals surface area contributed by atoms with Gasteiger partial charge in [0.15, 0.2) is 0 Å². The zero-order valence-corrected chi connectivity index (χ0v) is 16.2. The highest BCUT2D eigenvalue weighted by Crippen LogP contribution is 2.17. The lowest BCUT2D eigenvalue weighted by Crippen LogP contribution is -2.27. The van der Waals surface area contributed by atoms with E-state index in [1.54, 1.807) is 36.4 Å². The summed E-state index contributed by atoms with van der Waals surface area (Å²) in [6, 6.07) is 16.6. The standard InChI is InChI=1S/C22H23NO3S/c1-3-20-9-5-6-10-21(20)15-17-23(16-7-4-8-18-24)27(25,26)22-13-11-19(2)12-14-22/h1,5-6,9-14,24H,4,7-8,16,18H2,2H3. The van der Waals surface area contributed by atoms with Crippen LogP contribution in [0.1, 0.15) is 36.0 Å². The van der Waals surface area contributed by atoms with Crippen LogP contribution in [-0.4, -0.2) is 31.0 Å². The van der Waals surface area contributed by atoms with E-state index in [9.17, 15) is 8.42 Å². The number of aryl methyl sites for hydroxylation is 1. The Morgan fingerprint density at radius 3 is 2.30 bits per heavy atom. The Bertz CT molecular complexity index is 961. The van der Waals surface area contributed by atoms with E-state index in [2.05, 4.69) is 17.9 Å². The number of nitrogens with zero attached hydrogens (tertiary/aromatic N) is 1. The molecule has 2 rings (SSSR count). The highest BCUT2D eigenvalue weighted by atomic mass is 32.2. The quantitative estimate of drug-likeness (QED) is 0.455. The van der Waals surface area contributed by atoms with Crippen LogP contribution in [0.25, 0.3) is 0 Å². The number of unbranched alkanes of at least 4 members (excludes halogenated alkanes) is 2. The molecule has 0 spiro atoms. The molecule has 0 heterocycles. The normalized spacial score (nSPS) is 10.6. The summed E-state index contributed by atoms with van der Waals surface area (Å²) in [4.78, 5) is 0.204. The number of benzene rings is 2. The second kappa shape index (κ2) is 9.83. The molecule has 0 saturated carbocycles. The Hall–Kier alpha value is -2.73. The van der Waals surface area contributed by atoms with Gasteiger partial charge in [0.25, 0.3) is 10.0 Å². The van der Waals surface area contributed by atoms with Crippen molar-refractivity contribution in [2.45, 2.75) is 31.1 Å². The van der Waals surface area contributed by atoms with E-state index in [1.165, 1.54) is 4.31 Å². The highest BCUT2D eigenvalue weighted by molar-refractivity contribution is 7.89. The summed E-state index contributed by atoms with van der Waals surface area (Å²) in [7, 11) is -3.75. The van der Waals surface area contributed by atoms with E-state index in [-0.39, 0.29) is 18.0 Å². The van der Waals surface area contributed by atoms with Crippen molar-refractivity contribution < 1.29 is 13.5 Å². The molecule has 4 nitrogen and oxygen atoms in total. The van der Waals surface area contributed by atoms with Gasteiger partial charge in [0.05, 0.1) is 4.90 Å². The lowest BCUT2D eigenvalue weighted by molar-refractivity contribution is 0.282. The molecule has 0 aliphatic carbocycles. The van der Waals surface area contributed by atoms with Crippen molar-refractivity contribution in [3.05, 3.63) is 65.2 Å². The number of aliphatic hydroxyl groups is 1. The largest absolute Gasteiger partial charge is 0.396 e. The molecule has 0 aliphatic heterocycles. The number of hydrogen-bond acceptors (Lipinski definition) is 3. The maximum absolute atomic E-state index is 13.0. The maximum atomic E-state index is 13.0. The summed E-state index contributed by atoms with van der Waals surface area (Å²) in [5.41, 5.74) is 2.22. The lowest BCUT2D eigenvalue weighted by atomic mass is 10.1. The zero-order chi connectivity index (χ0) is 19.7. The third-order valence-electron chi connectivity index (χ3n) is 4.03. The van der Waals surface area contributed by atoms with Gasteiger partial charge in [-0.25, -0.2) is 12.7 Å². The van der Waals surface area contributed by atoms with Gasteiger partial charge in [-0.15, -0.1) is 6.42 Å². The van der Waals surface area contributed by atoms with Crippen molar-refractivity contribution in [3.8, 4) is 24.3 Å². The van der Waals surface area contributed by atoms with Gasteiger partial charge in [0.1, 0.15) is 0 Å². The van der Waals surface area contributed by atoms with Gasteiger partial charge in [-0.1, -0.05) is 35.7 Å². The summed E-state index contributed by atoms with van der Waals surface area (Å²) < 4.78 is 27.2. The number of sulfonamides is 1. The van der Waals surface area contributed by atoms with Gasteiger partial charge in [-0.2, -0.15) is 0 Å². The fourth-order valence-corrected chi connectivity index (χ4v) is 3.73. The van der Waals surface area contributed by atoms with E-state index in [0.29, 0.717) is 24.0 Å². The summed E-state index contributed by atoms with van der Waals surface area (Å²) in [6.07, 6.45) is 7.45. The van der Waals surface area contributed by atoms with Gasteiger partial charge < -0.3 is 5.11 Å². The molecule has 0 atom stereocenters. The molecule has 27 heavy (non-hydrogen) atoms. The Labute approximate surface area is 161 Å². The molecular formula is C22H23NO3S. The van der Waals surface area contributed by atoms with Crippen LogP contribution in [-0.2, 0) is 10.0 Å². The molecule has 140 valence electrons. The van der Waals surface area contributed by atoms with Gasteiger partial charge in [0, 0.05) is 30.3 Å². The molecule has 2 aromatic carbocycles. The van der Waals surface area contributed by atoms with Crippen molar-refractivity contribution in [1.29, 1.82) is 0 Å². The molecule has 2 aromatic rings. The minimum absolute atomic E-state index is 0.0892. The number of aliphatic hydroxyl groups excluding tert-OH is 1.